The Kier molecular flexibility index (Phi) is 7.96. The van der Waals surface area contributed by atoms with Crippen molar-refractivity contribution in [3.63, 3.8) is 0 Å². The molecule has 0 fully saturated rings. The number of halogens is 19. The Morgan fingerprint density at radius 2 is 0.886 bits per heavy atom. The molecule has 1 unspecified atom stereocenters. The quantitative estimate of drug-likeness (QED) is 0.166. The van der Waals surface area contributed by atoms with Gasteiger partial charge in [-0.05, 0) is 6.92 Å². The van der Waals surface area contributed by atoms with Crippen LogP contribution in [0.1, 0.15) is 6.92 Å². The number of carbonyl (C=O) groups is 1. The number of esters is 1. The number of hydrogen-bond donors (Lipinski definition) is 0. The van der Waals surface area contributed by atoms with Crippen molar-refractivity contribution in [1.29, 1.82) is 0 Å². The van der Waals surface area contributed by atoms with E-state index < -0.39 is 71.7 Å². The maximum Gasteiger partial charge on any atom is 0.473 e. The summed E-state index contributed by atoms with van der Waals surface area (Å²) < 4.78 is 253. The van der Waals surface area contributed by atoms with Crippen molar-refractivity contribution < 1.29 is 92.9 Å². The summed E-state index contributed by atoms with van der Waals surface area (Å²) in [4.78, 5) is 10.8. The van der Waals surface area contributed by atoms with Gasteiger partial charge >= 0.3 is 59.5 Å². The highest BCUT2D eigenvalue weighted by Gasteiger charge is 2.96. The van der Waals surface area contributed by atoms with Crippen molar-refractivity contribution in [1.82, 2.24) is 0 Å². The Bertz CT molecular complexity index is 826. The highest BCUT2D eigenvalue weighted by atomic mass is 19.4. The van der Waals surface area contributed by atoms with E-state index in [-0.39, 0.29) is 0 Å². The first kappa shape index (κ1) is 32.9. The van der Waals surface area contributed by atoms with Gasteiger partial charge in [-0.15, -0.1) is 0 Å². The lowest BCUT2D eigenvalue weighted by Gasteiger charge is -2.44. The Labute approximate surface area is 179 Å². The minimum absolute atomic E-state index is 0.342. The van der Waals surface area contributed by atoms with E-state index in [1.807, 2.05) is 0 Å². The van der Waals surface area contributed by atoms with E-state index in [0.717, 1.165) is 0 Å². The molecular weight excluding hydrogens is 561 g/mol. The zero-order valence-electron chi connectivity index (χ0n) is 15.9. The normalized spacial score (nSPS) is 17.1. The van der Waals surface area contributed by atoms with Crippen LogP contribution in [0.5, 0.6) is 0 Å². The van der Waals surface area contributed by atoms with Crippen LogP contribution in [-0.2, 0) is 9.53 Å². The van der Waals surface area contributed by atoms with Crippen LogP contribution in [-0.4, -0.2) is 66.1 Å². The van der Waals surface area contributed by atoms with Gasteiger partial charge in [0, 0.05) is 5.57 Å². The lowest BCUT2D eigenvalue weighted by Crippen LogP contribution is -2.76. The van der Waals surface area contributed by atoms with E-state index in [1.165, 1.54) is 0 Å². The van der Waals surface area contributed by atoms with E-state index in [0.29, 0.717) is 6.92 Å². The smallest absolute Gasteiger partial charge is 0.393 e. The fourth-order valence-corrected chi connectivity index (χ4v) is 1.83. The topological polar surface area (TPSA) is 26.3 Å². The van der Waals surface area contributed by atoms with E-state index in [9.17, 15) is 88.2 Å². The van der Waals surface area contributed by atoms with Gasteiger partial charge in [-0.1, -0.05) is 6.58 Å². The zero-order chi connectivity index (χ0) is 29.1. The van der Waals surface area contributed by atoms with Crippen LogP contribution in [0.25, 0.3) is 0 Å². The van der Waals surface area contributed by atoms with Gasteiger partial charge in [0.1, 0.15) is 6.67 Å². The van der Waals surface area contributed by atoms with Gasteiger partial charge in [-0.3, -0.25) is 0 Å². The van der Waals surface area contributed by atoms with Crippen LogP contribution in [0.2, 0.25) is 0 Å². The summed E-state index contributed by atoms with van der Waals surface area (Å²) in [6, 6.07) is 0. The van der Waals surface area contributed by atoms with Gasteiger partial charge in [0.25, 0.3) is 0 Å². The van der Waals surface area contributed by atoms with Gasteiger partial charge in [0.15, 0.2) is 0 Å². The largest absolute Gasteiger partial charge is 0.473 e. The molecule has 0 aliphatic carbocycles. The first-order chi connectivity index (χ1) is 14.9. The molecule has 0 aromatic carbocycles. The Hall–Kier alpha value is -2.12. The first-order valence-electron chi connectivity index (χ1n) is 7.74. The van der Waals surface area contributed by atoms with Crippen molar-refractivity contribution in [2.24, 2.45) is 0 Å². The van der Waals surface area contributed by atoms with Gasteiger partial charge in [0.2, 0.25) is 0 Å². The summed E-state index contributed by atoms with van der Waals surface area (Å²) in [6.07, 6.45) is -15.0. The van der Waals surface area contributed by atoms with E-state index in [4.69, 9.17) is 0 Å². The number of ether oxygens (including phenoxy) is 1. The second kappa shape index (κ2) is 8.48. The fraction of sp³-hybridized carbons (Fsp3) is 0.786. The van der Waals surface area contributed by atoms with Crippen LogP contribution in [0.4, 0.5) is 83.4 Å². The SMILES string of the molecule is C=C(C)C(=O)OC(F)(F)C(F)(F)C(F)(F)C(F)(F)C(F)(F)C(F)(F)C(F)(F)C(F)(CF)C(F)(F)F. The van der Waals surface area contributed by atoms with Crippen molar-refractivity contribution >= 4 is 5.97 Å². The number of alkyl halides is 19. The van der Waals surface area contributed by atoms with Crippen molar-refractivity contribution in [2.45, 2.75) is 60.4 Å². The lowest BCUT2D eigenvalue weighted by molar-refractivity contribution is -0.470. The molecule has 0 amide bonds. The molecule has 2 nitrogen and oxygen atoms in total. The molecule has 0 heterocycles. The molecule has 1 atom stereocenters. The molecule has 0 aliphatic rings. The third-order valence-electron chi connectivity index (χ3n) is 4.04. The van der Waals surface area contributed by atoms with Gasteiger partial charge in [-0.25, -0.2) is 13.6 Å². The Balaban J connectivity index is 6.97. The molecule has 0 N–H and O–H groups in total. The highest BCUT2D eigenvalue weighted by molar-refractivity contribution is 5.87. The first-order valence-corrected chi connectivity index (χ1v) is 7.74. The number of carbonyl (C=O) groups excluding carboxylic acids is 1. The van der Waals surface area contributed by atoms with E-state index >= 15 is 0 Å². The molecule has 0 aliphatic heterocycles. The molecule has 0 spiro atoms. The molecule has 208 valence electrons. The summed E-state index contributed by atoms with van der Waals surface area (Å²) in [5.74, 6) is -54.8. The third kappa shape index (κ3) is 4.25. The molecule has 0 radical (unpaired) electrons. The lowest BCUT2D eigenvalue weighted by atomic mass is 9.84. The van der Waals surface area contributed by atoms with Crippen molar-refractivity contribution in [3.05, 3.63) is 12.2 Å². The Morgan fingerprint density at radius 1 is 0.600 bits per heavy atom. The summed E-state index contributed by atoms with van der Waals surface area (Å²) in [7, 11) is 0. The molecule has 35 heavy (non-hydrogen) atoms. The molecule has 0 aromatic heterocycles. The van der Waals surface area contributed by atoms with Gasteiger partial charge < -0.3 is 4.74 Å². The molecular formula is C14H7F19O2. The number of hydrogen-bond acceptors (Lipinski definition) is 2. The second-order valence-corrected chi connectivity index (χ2v) is 6.57. The van der Waals surface area contributed by atoms with Crippen LogP contribution in [0.3, 0.4) is 0 Å². The molecule has 0 aromatic rings. The third-order valence-corrected chi connectivity index (χ3v) is 4.04. The van der Waals surface area contributed by atoms with Crippen LogP contribution in [0, 0.1) is 0 Å². The summed E-state index contributed by atoms with van der Waals surface area (Å²) in [6.45, 7) is -1.65. The predicted octanol–water partition coefficient (Wildman–Crippen LogP) is 6.75. The molecule has 0 rings (SSSR count). The maximum atomic E-state index is 13.5. The number of rotatable bonds is 10. The summed E-state index contributed by atoms with van der Waals surface area (Å²) in [5, 5.41) is 0. The average molecular weight is 568 g/mol. The van der Waals surface area contributed by atoms with Gasteiger partial charge in [-0.2, -0.15) is 74.6 Å². The van der Waals surface area contributed by atoms with E-state index in [1.54, 1.807) is 0 Å². The monoisotopic (exact) mass is 568 g/mol. The highest BCUT2D eigenvalue weighted by Crippen LogP contribution is 2.65. The van der Waals surface area contributed by atoms with Crippen molar-refractivity contribution in [2.75, 3.05) is 6.67 Å². The van der Waals surface area contributed by atoms with Gasteiger partial charge in [0.05, 0.1) is 0 Å². The fourth-order valence-electron chi connectivity index (χ4n) is 1.83. The van der Waals surface area contributed by atoms with E-state index in [2.05, 4.69) is 11.3 Å². The molecule has 21 heteroatoms. The minimum Gasteiger partial charge on any atom is -0.393 e. The molecule has 0 saturated carbocycles. The standard InChI is InChI=1S/C14H7F19O2/c1-4(2)5(34)35-14(32,33)12(27,28)11(25,26)10(23,24)9(21,22)8(19,20)7(17,18)6(16,3-15)13(29,30)31/h1,3H2,2H3. The summed E-state index contributed by atoms with van der Waals surface area (Å²) in [5.41, 5.74) is -8.87. The predicted molar refractivity (Wildman–Crippen MR) is 71.4 cm³/mol. The molecule has 0 saturated heterocycles. The minimum atomic E-state index is -8.96. The molecule has 0 bridgehead atoms. The van der Waals surface area contributed by atoms with Crippen LogP contribution >= 0.6 is 0 Å². The van der Waals surface area contributed by atoms with Crippen molar-refractivity contribution in [3.8, 4) is 0 Å². The van der Waals surface area contributed by atoms with Crippen LogP contribution in [0.15, 0.2) is 12.2 Å². The Morgan fingerprint density at radius 3 is 1.14 bits per heavy atom. The zero-order valence-corrected chi connectivity index (χ0v) is 15.9. The average Bonchev–Trinajstić information content (AvgIpc) is 2.64. The maximum absolute atomic E-state index is 13.5. The van der Waals surface area contributed by atoms with Crippen LogP contribution < -0.4 is 0 Å². The second-order valence-electron chi connectivity index (χ2n) is 6.57. The summed E-state index contributed by atoms with van der Waals surface area (Å²) >= 11 is 0.